The van der Waals surface area contributed by atoms with Crippen LogP contribution in [0.25, 0.3) is 0 Å². The van der Waals surface area contributed by atoms with Gasteiger partial charge < -0.3 is 11.1 Å². The molecule has 0 amide bonds. The first-order valence-corrected chi connectivity index (χ1v) is 7.63. The minimum Gasteiger partial charge on any atom is -0.381 e. The predicted molar refractivity (Wildman–Crippen MR) is 68.9 cm³/mol. The van der Waals surface area contributed by atoms with Crippen LogP contribution >= 0.6 is 0 Å². The smallest absolute Gasteiger partial charge is 0.381 e. The van der Waals surface area contributed by atoms with Crippen LogP contribution in [-0.4, -0.2) is 26.0 Å². The minimum atomic E-state index is -5.28. The van der Waals surface area contributed by atoms with Crippen molar-refractivity contribution in [1.29, 1.82) is 0 Å². The molecule has 3 N–H and O–H groups in total. The lowest BCUT2D eigenvalue weighted by Gasteiger charge is -2.18. The molecule has 0 radical (unpaired) electrons. The van der Waals surface area contributed by atoms with E-state index in [0.29, 0.717) is 5.69 Å². The van der Waals surface area contributed by atoms with E-state index in [1.165, 1.54) is 12.1 Å². The third-order valence-electron chi connectivity index (χ3n) is 3.39. The van der Waals surface area contributed by atoms with Crippen LogP contribution in [0.2, 0.25) is 0 Å². The Bertz CT molecular complexity index is 569. The molecule has 0 aliphatic heterocycles. The average molecular weight is 308 g/mol. The molecule has 20 heavy (non-hydrogen) atoms. The number of sulfone groups is 1. The highest BCUT2D eigenvalue weighted by Crippen LogP contribution is 2.31. The maximum atomic E-state index is 12.4. The summed E-state index contributed by atoms with van der Waals surface area (Å²) < 4.78 is 59.5. The molecule has 1 aromatic rings. The number of nitrogens with two attached hydrogens (primary N) is 1. The van der Waals surface area contributed by atoms with Crippen LogP contribution in [0.5, 0.6) is 0 Å². The number of hydrogen-bond donors (Lipinski definition) is 2. The van der Waals surface area contributed by atoms with Gasteiger partial charge in [0.05, 0.1) is 4.90 Å². The molecule has 1 aromatic carbocycles. The first-order chi connectivity index (χ1) is 9.22. The largest absolute Gasteiger partial charge is 0.501 e. The summed E-state index contributed by atoms with van der Waals surface area (Å²) in [5, 5.41) is 3.11. The summed E-state index contributed by atoms with van der Waals surface area (Å²) in [5.74, 6) is 0. The van der Waals surface area contributed by atoms with Crippen LogP contribution in [0, 0.1) is 0 Å². The van der Waals surface area contributed by atoms with Crippen molar-refractivity contribution < 1.29 is 21.6 Å². The Morgan fingerprint density at radius 2 is 1.75 bits per heavy atom. The van der Waals surface area contributed by atoms with Crippen LogP contribution in [0.3, 0.4) is 0 Å². The van der Waals surface area contributed by atoms with Gasteiger partial charge in [-0.25, -0.2) is 8.42 Å². The molecule has 112 valence electrons. The average Bonchev–Trinajstić information content (AvgIpc) is 2.74. The summed E-state index contributed by atoms with van der Waals surface area (Å²) in [6.45, 7) is 0. The number of anilines is 1. The molecule has 1 aliphatic carbocycles. The lowest BCUT2D eigenvalue weighted by atomic mass is 10.2. The van der Waals surface area contributed by atoms with Gasteiger partial charge in [-0.15, -0.1) is 0 Å². The molecule has 2 unspecified atom stereocenters. The highest BCUT2D eigenvalue weighted by molar-refractivity contribution is 7.92. The molecule has 4 nitrogen and oxygen atoms in total. The van der Waals surface area contributed by atoms with Crippen LogP contribution in [0.1, 0.15) is 19.3 Å². The van der Waals surface area contributed by atoms with E-state index < -0.39 is 20.2 Å². The highest BCUT2D eigenvalue weighted by Gasteiger charge is 2.46. The zero-order valence-electron chi connectivity index (χ0n) is 10.5. The van der Waals surface area contributed by atoms with E-state index in [1.54, 1.807) is 0 Å². The molecule has 0 aromatic heterocycles. The van der Waals surface area contributed by atoms with E-state index in [1.807, 2.05) is 0 Å². The van der Waals surface area contributed by atoms with Crippen LogP contribution in [0.4, 0.5) is 18.9 Å². The summed E-state index contributed by atoms with van der Waals surface area (Å²) in [4.78, 5) is -0.758. The molecule has 2 atom stereocenters. The Kier molecular flexibility index (Phi) is 3.97. The number of halogens is 3. The van der Waals surface area contributed by atoms with Crippen molar-refractivity contribution in [3.05, 3.63) is 24.3 Å². The number of rotatable bonds is 3. The zero-order valence-corrected chi connectivity index (χ0v) is 11.3. The van der Waals surface area contributed by atoms with Crippen LogP contribution < -0.4 is 11.1 Å². The van der Waals surface area contributed by atoms with Crippen molar-refractivity contribution in [2.45, 2.75) is 41.7 Å². The SMILES string of the molecule is NC1CCCC1Nc1ccc(S(=O)(=O)C(F)(F)F)cc1. The molecule has 0 bridgehead atoms. The summed E-state index contributed by atoms with van der Waals surface area (Å²) in [5.41, 5.74) is 1.16. The van der Waals surface area contributed by atoms with Crippen LogP contribution in [-0.2, 0) is 9.84 Å². The van der Waals surface area contributed by atoms with E-state index >= 15 is 0 Å². The second-order valence-corrected chi connectivity index (χ2v) is 6.76. The van der Waals surface area contributed by atoms with Gasteiger partial charge in [-0.3, -0.25) is 0 Å². The molecule has 0 heterocycles. The zero-order chi connectivity index (χ0) is 15.0. The third-order valence-corrected chi connectivity index (χ3v) is 4.89. The fraction of sp³-hybridized carbons (Fsp3) is 0.500. The lowest BCUT2D eigenvalue weighted by Crippen LogP contribution is -2.35. The van der Waals surface area contributed by atoms with Gasteiger partial charge in [0.15, 0.2) is 0 Å². The summed E-state index contributed by atoms with van der Waals surface area (Å²) in [6.07, 6.45) is 2.79. The molecule has 1 saturated carbocycles. The van der Waals surface area contributed by atoms with Gasteiger partial charge in [0.1, 0.15) is 0 Å². The number of nitrogens with one attached hydrogen (secondary N) is 1. The normalized spacial score (nSPS) is 23.8. The maximum absolute atomic E-state index is 12.4. The summed E-state index contributed by atoms with van der Waals surface area (Å²) in [6, 6.07) is 4.62. The molecule has 1 aliphatic rings. The Labute approximate surface area is 115 Å². The van der Waals surface area contributed by atoms with E-state index in [-0.39, 0.29) is 12.1 Å². The van der Waals surface area contributed by atoms with E-state index in [9.17, 15) is 21.6 Å². The molecule has 0 spiro atoms. The van der Waals surface area contributed by atoms with Crippen molar-refractivity contribution in [3.63, 3.8) is 0 Å². The van der Waals surface area contributed by atoms with Gasteiger partial charge in [-0.05, 0) is 43.5 Å². The molecule has 2 rings (SSSR count). The topological polar surface area (TPSA) is 72.2 Å². The summed E-state index contributed by atoms with van der Waals surface area (Å²) in [7, 11) is -5.28. The molecule has 1 fully saturated rings. The number of hydrogen-bond acceptors (Lipinski definition) is 4. The van der Waals surface area contributed by atoms with Gasteiger partial charge >= 0.3 is 5.51 Å². The second kappa shape index (κ2) is 5.25. The summed E-state index contributed by atoms with van der Waals surface area (Å²) >= 11 is 0. The van der Waals surface area contributed by atoms with Gasteiger partial charge in [0.25, 0.3) is 9.84 Å². The molecule has 0 saturated heterocycles. The first kappa shape index (κ1) is 15.1. The Balaban J connectivity index is 2.15. The van der Waals surface area contributed by atoms with Gasteiger partial charge in [-0.2, -0.15) is 13.2 Å². The van der Waals surface area contributed by atoms with Gasteiger partial charge in [0.2, 0.25) is 0 Å². The monoisotopic (exact) mass is 308 g/mol. The minimum absolute atomic E-state index is 0.00795. The lowest BCUT2D eigenvalue weighted by molar-refractivity contribution is -0.0436. The van der Waals surface area contributed by atoms with Crippen molar-refractivity contribution in [1.82, 2.24) is 0 Å². The third kappa shape index (κ3) is 2.90. The van der Waals surface area contributed by atoms with Crippen molar-refractivity contribution in [3.8, 4) is 0 Å². The quantitative estimate of drug-likeness (QED) is 0.898. The highest BCUT2D eigenvalue weighted by atomic mass is 32.2. The standard InChI is InChI=1S/C12H15F3N2O2S/c13-12(14,15)20(18,19)9-6-4-8(5-7-9)17-11-3-1-2-10(11)16/h4-7,10-11,17H,1-3,16H2. The fourth-order valence-electron chi connectivity index (χ4n) is 2.25. The number of alkyl halides is 3. The Morgan fingerprint density at radius 3 is 2.20 bits per heavy atom. The second-order valence-electron chi connectivity index (χ2n) is 4.82. The van der Waals surface area contributed by atoms with Crippen molar-refractivity contribution in [2.24, 2.45) is 5.73 Å². The Hall–Kier alpha value is -1.28. The molecule has 8 heteroatoms. The maximum Gasteiger partial charge on any atom is 0.501 e. The van der Waals surface area contributed by atoms with E-state index in [4.69, 9.17) is 5.73 Å². The predicted octanol–water partition coefficient (Wildman–Crippen LogP) is 2.27. The first-order valence-electron chi connectivity index (χ1n) is 6.15. The van der Waals surface area contributed by atoms with E-state index in [0.717, 1.165) is 31.4 Å². The van der Waals surface area contributed by atoms with Gasteiger partial charge in [-0.1, -0.05) is 0 Å². The van der Waals surface area contributed by atoms with Crippen LogP contribution in [0.15, 0.2) is 29.2 Å². The van der Waals surface area contributed by atoms with E-state index in [2.05, 4.69) is 5.32 Å². The molecular weight excluding hydrogens is 293 g/mol. The molecular formula is C12H15F3N2O2S. The number of benzene rings is 1. The fourth-order valence-corrected chi connectivity index (χ4v) is 3.01. The van der Waals surface area contributed by atoms with Crippen molar-refractivity contribution >= 4 is 15.5 Å². The Morgan fingerprint density at radius 1 is 1.15 bits per heavy atom. The van der Waals surface area contributed by atoms with Crippen molar-refractivity contribution in [2.75, 3.05) is 5.32 Å². The van der Waals surface area contributed by atoms with Gasteiger partial charge in [0, 0.05) is 17.8 Å².